The summed E-state index contributed by atoms with van der Waals surface area (Å²) in [5, 5.41) is 2.80. The quantitative estimate of drug-likeness (QED) is 0.780. The van der Waals surface area contributed by atoms with Gasteiger partial charge in [-0.15, -0.1) is 0 Å². The van der Waals surface area contributed by atoms with Crippen molar-refractivity contribution in [2.24, 2.45) is 0 Å². The summed E-state index contributed by atoms with van der Waals surface area (Å²) in [5.41, 5.74) is 1.99. The highest BCUT2D eigenvalue weighted by Gasteiger charge is 2.13. The number of aryl methyl sites for hydroxylation is 1. The van der Waals surface area contributed by atoms with E-state index in [1.165, 1.54) is 10.6 Å². The Morgan fingerprint density at radius 3 is 2.32 bits per heavy atom. The van der Waals surface area contributed by atoms with Gasteiger partial charge in [-0.05, 0) is 18.6 Å². The summed E-state index contributed by atoms with van der Waals surface area (Å²) in [4.78, 5) is 29.5. The molecule has 0 aliphatic rings. The summed E-state index contributed by atoms with van der Waals surface area (Å²) in [6.07, 6.45) is 0.659. The first-order chi connectivity index (χ1) is 12.2. The summed E-state index contributed by atoms with van der Waals surface area (Å²) in [6.45, 7) is 1.86. The summed E-state index contributed by atoms with van der Waals surface area (Å²) in [5.74, 6) is 0.240. The molecule has 0 aliphatic heterocycles. The van der Waals surface area contributed by atoms with Crippen LogP contribution >= 0.6 is 0 Å². The molecule has 1 heterocycles. The van der Waals surface area contributed by atoms with Gasteiger partial charge in [-0.1, -0.05) is 55.5 Å². The second kappa shape index (κ2) is 7.57. The Hall–Kier alpha value is -3.21. The second-order valence-electron chi connectivity index (χ2n) is 5.63. The maximum Gasteiger partial charge on any atom is 0.254 e. The van der Waals surface area contributed by atoms with Gasteiger partial charge in [0.25, 0.3) is 5.56 Å². The molecule has 3 aromatic rings. The predicted molar refractivity (Wildman–Crippen MR) is 98.4 cm³/mol. The van der Waals surface area contributed by atoms with Gasteiger partial charge in [0.2, 0.25) is 5.91 Å². The summed E-state index contributed by atoms with van der Waals surface area (Å²) in [6, 6.07) is 20.1. The van der Waals surface area contributed by atoms with Crippen LogP contribution in [0.3, 0.4) is 0 Å². The smallest absolute Gasteiger partial charge is 0.254 e. The van der Waals surface area contributed by atoms with Gasteiger partial charge in [0, 0.05) is 23.0 Å². The Labute approximate surface area is 146 Å². The fourth-order valence-corrected chi connectivity index (χ4v) is 2.56. The van der Waals surface area contributed by atoms with Gasteiger partial charge in [0.05, 0.1) is 0 Å². The first-order valence-corrected chi connectivity index (χ1v) is 8.18. The van der Waals surface area contributed by atoms with E-state index in [1.807, 2.05) is 55.5 Å². The Morgan fingerprint density at radius 1 is 1.04 bits per heavy atom. The molecule has 5 nitrogen and oxygen atoms in total. The minimum Gasteiger partial charge on any atom is -0.325 e. The van der Waals surface area contributed by atoms with Crippen molar-refractivity contribution >= 4 is 11.6 Å². The molecule has 0 spiro atoms. The van der Waals surface area contributed by atoms with Gasteiger partial charge in [0.15, 0.2) is 0 Å². The average molecular weight is 333 g/mol. The highest BCUT2D eigenvalue weighted by atomic mass is 16.2. The number of benzene rings is 2. The van der Waals surface area contributed by atoms with Crippen LogP contribution in [0.15, 0.2) is 71.5 Å². The third-order valence-electron chi connectivity index (χ3n) is 3.81. The van der Waals surface area contributed by atoms with E-state index in [2.05, 4.69) is 10.3 Å². The van der Waals surface area contributed by atoms with Crippen LogP contribution in [-0.2, 0) is 17.8 Å². The lowest BCUT2D eigenvalue weighted by atomic mass is 10.2. The highest BCUT2D eigenvalue weighted by Crippen LogP contribution is 2.16. The van der Waals surface area contributed by atoms with Gasteiger partial charge < -0.3 is 5.32 Å². The minimum atomic E-state index is -0.267. The van der Waals surface area contributed by atoms with Crippen LogP contribution in [0.4, 0.5) is 5.69 Å². The fraction of sp³-hybridized carbons (Fsp3) is 0.150. The van der Waals surface area contributed by atoms with E-state index in [9.17, 15) is 9.59 Å². The number of hydrogen-bond acceptors (Lipinski definition) is 3. The molecule has 0 unspecified atom stereocenters. The van der Waals surface area contributed by atoms with E-state index >= 15 is 0 Å². The van der Waals surface area contributed by atoms with Crippen molar-refractivity contribution in [3.8, 4) is 11.4 Å². The van der Waals surface area contributed by atoms with E-state index in [-0.39, 0.29) is 18.0 Å². The third-order valence-corrected chi connectivity index (χ3v) is 3.81. The molecule has 0 saturated heterocycles. The summed E-state index contributed by atoms with van der Waals surface area (Å²) in [7, 11) is 0. The molecule has 1 N–H and O–H groups in total. The number of rotatable bonds is 5. The zero-order valence-corrected chi connectivity index (χ0v) is 14.0. The van der Waals surface area contributed by atoms with Crippen molar-refractivity contribution in [1.29, 1.82) is 0 Å². The normalized spacial score (nSPS) is 10.4. The zero-order valence-electron chi connectivity index (χ0n) is 14.0. The molecule has 1 amide bonds. The molecular formula is C20H19N3O2. The monoisotopic (exact) mass is 333 g/mol. The zero-order chi connectivity index (χ0) is 17.6. The first-order valence-electron chi connectivity index (χ1n) is 8.18. The van der Waals surface area contributed by atoms with Crippen LogP contribution in [0.5, 0.6) is 0 Å². The number of nitrogens with zero attached hydrogens (tertiary/aromatic N) is 2. The average Bonchev–Trinajstić information content (AvgIpc) is 2.64. The highest BCUT2D eigenvalue weighted by molar-refractivity contribution is 5.90. The van der Waals surface area contributed by atoms with Crippen molar-refractivity contribution in [2.75, 3.05) is 5.32 Å². The molecule has 0 fully saturated rings. The number of nitrogens with one attached hydrogen (secondary N) is 1. The van der Waals surface area contributed by atoms with Crippen molar-refractivity contribution in [1.82, 2.24) is 9.55 Å². The largest absolute Gasteiger partial charge is 0.325 e. The minimum absolute atomic E-state index is 0.0883. The van der Waals surface area contributed by atoms with Gasteiger partial charge in [-0.2, -0.15) is 0 Å². The van der Waals surface area contributed by atoms with Crippen molar-refractivity contribution in [3.63, 3.8) is 0 Å². The van der Waals surface area contributed by atoms with Gasteiger partial charge in [-0.3, -0.25) is 14.2 Å². The molecule has 0 atom stereocenters. The van der Waals surface area contributed by atoms with Crippen molar-refractivity contribution < 1.29 is 4.79 Å². The molecule has 25 heavy (non-hydrogen) atoms. The molecule has 1 aromatic heterocycles. The summed E-state index contributed by atoms with van der Waals surface area (Å²) < 4.78 is 1.41. The molecule has 2 aromatic carbocycles. The Morgan fingerprint density at radius 2 is 1.68 bits per heavy atom. The maximum atomic E-state index is 12.5. The van der Waals surface area contributed by atoms with Crippen LogP contribution < -0.4 is 10.9 Å². The molecular weight excluding hydrogens is 314 g/mol. The topological polar surface area (TPSA) is 64.0 Å². The molecule has 0 bridgehead atoms. The molecule has 0 aliphatic carbocycles. The first kappa shape index (κ1) is 16.6. The fourth-order valence-electron chi connectivity index (χ4n) is 2.56. The Bertz CT molecular complexity index is 919. The molecule has 0 saturated carbocycles. The number of carbonyl (C=O) groups is 1. The number of anilines is 1. The summed E-state index contributed by atoms with van der Waals surface area (Å²) >= 11 is 0. The number of aromatic nitrogens is 2. The van der Waals surface area contributed by atoms with E-state index in [0.29, 0.717) is 23.6 Å². The van der Waals surface area contributed by atoms with Crippen LogP contribution in [0.1, 0.15) is 12.6 Å². The molecule has 126 valence electrons. The van der Waals surface area contributed by atoms with Gasteiger partial charge in [0.1, 0.15) is 12.4 Å². The lowest BCUT2D eigenvalue weighted by molar-refractivity contribution is -0.116. The number of carbonyl (C=O) groups excluding carboxylic acids is 1. The third kappa shape index (κ3) is 4.01. The van der Waals surface area contributed by atoms with Crippen LogP contribution in [-0.4, -0.2) is 15.5 Å². The lowest BCUT2D eigenvalue weighted by Crippen LogP contribution is -2.30. The Kier molecular flexibility index (Phi) is 5.04. The van der Waals surface area contributed by atoms with E-state index < -0.39 is 0 Å². The van der Waals surface area contributed by atoms with Gasteiger partial charge >= 0.3 is 0 Å². The lowest BCUT2D eigenvalue weighted by Gasteiger charge is -2.13. The van der Waals surface area contributed by atoms with Crippen molar-refractivity contribution in [2.45, 2.75) is 19.9 Å². The van der Waals surface area contributed by atoms with Gasteiger partial charge in [-0.25, -0.2) is 4.98 Å². The van der Waals surface area contributed by atoms with E-state index in [1.54, 1.807) is 12.1 Å². The molecule has 3 rings (SSSR count). The molecule has 0 radical (unpaired) electrons. The van der Waals surface area contributed by atoms with Crippen LogP contribution in [0.2, 0.25) is 0 Å². The standard InChI is InChI=1S/C20H19N3O2/c1-2-16-13-19(25)23(20(22-16)15-9-5-3-6-10-15)14-18(24)21-17-11-7-4-8-12-17/h3-13H,2,14H2,1H3,(H,21,24). The Balaban J connectivity index is 1.95. The van der Waals surface area contributed by atoms with Crippen LogP contribution in [0.25, 0.3) is 11.4 Å². The maximum absolute atomic E-state index is 12.5. The van der Waals surface area contributed by atoms with E-state index in [0.717, 1.165) is 5.56 Å². The van der Waals surface area contributed by atoms with Crippen LogP contribution in [0, 0.1) is 0 Å². The predicted octanol–water partition coefficient (Wildman–Crippen LogP) is 3.11. The van der Waals surface area contributed by atoms with Crippen molar-refractivity contribution in [3.05, 3.63) is 82.8 Å². The number of para-hydroxylation sites is 1. The van der Waals surface area contributed by atoms with E-state index in [4.69, 9.17) is 0 Å². The number of amides is 1. The second-order valence-corrected chi connectivity index (χ2v) is 5.63. The number of hydrogen-bond donors (Lipinski definition) is 1. The molecule has 5 heteroatoms. The SMILES string of the molecule is CCc1cc(=O)n(CC(=O)Nc2ccccc2)c(-c2ccccc2)n1.